The second-order valence-corrected chi connectivity index (χ2v) is 3.71. The second kappa shape index (κ2) is 4.37. The largest absolute Gasteiger partial charge is 0.435 e. The number of hydrogen-bond acceptors (Lipinski definition) is 5. The van der Waals surface area contributed by atoms with Crippen molar-refractivity contribution in [2.45, 2.75) is 19.6 Å². The fourth-order valence-corrected chi connectivity index (χ4v) is 1.36. The Kier molecular flexibility index (Phi) is 3.00. The molecule has 2 N–H and O–H groups in total. The van der Waals surface area contributed by atoms with Gasteiger partial charge in [0.2, 0.25) is 0 Å². The van der Waals surface area contributed by atoms with Gasteiger partial charge in [0.05, 0.1) is 0 Å². The first-order valence-corrected chi connectivity index (χ1v) is 5.01. The first-order valence-electron chi connectivity index (χ1n) is 5.01. The Hall–Kier alpha value is -2.39. The highest BCUT2D eigenvalue weighted by Crippen LogP contribution is 2.28. The molecule has 0 saturated heterocycles. The van der Waals surface area contributed by atoms with Crippen molar-refractivity contribution in [3.63, 3.8) is 0 Å². The third-order valence-electron chi connectivity index (χ3n) is 2.24. The number of aryl methyl sites for hydroxylation is 1. The molecule has 102 valence electrons. The van der Waals surface area contributed by atoms with E-state index in [0.717, 1.165) is 10.7 Å². The molecule has 0 bridgehead atoms. The molecule has 0 aliphatic carbocycles. The average molecular weight is 275 g/mol. The molecule has 0 atom stereocenters. The molecule has 0 saturated carbocycles. The summed E-state index contributed by atoms with van der Waals surface area (Å²) in [5.74, 6) is -1.31. The fourth-order valence-electron chi connectivity index (χ4n) is 1.36. The highest BCUT2D eigenvalue weighted by molar-refractivity contribution is 5.87. The van der Waals surface area contributed by atoms with Crippen molar-refractivity contribution >= 4 is 5.91 Å². The number of hydrogen-bond donors (Lipinski definition) is 1. The fraction of sp³-hybridized carbons (Fsp3) is 0.333. The van der Waals surface area contributed by atoms with Crippen LogP contribution in [0.1, 0.15) is 27.9 Å². The minimum absolute atomic E-state index is 0.00808. The predicted octanol–water partition coefficient (Wildman–Crippen LogP) is 0.741. The van der Waals surface area contributed by atoms with Crippen LogP contribution in [0.15, 0.2) is 10.6 Å². The maximum atomic E-state index is 12.4. The van der Waals surface area contributed by atoms with E-state index in [4.69, 9.17) is 5.73 Å². The van der Waals surface area contributed by atoms with Gasteiger partial charge >= 0.3 is 18.0 Å². The quantitative estimate of drug-likeness (QED) is 0.890. The van der Waals surface area contributed by atoms with Gasteiger partial charge in [-0.3, -0.25) is 9.48 Å². The smallest absolute Gasteiger partial charge is 0.361 e. The lowest BCUT2D eigenvalue weighted by molar-refractivity contribution is -0.141. The number of alkyl halides is 3. The standard InChI is InChI=1S/C9H8F3N5O2/c1-4-2-5(9(10,11)12)15-17(4)3-6-14-8(7(13)18)19-16-6/h2H,3H2,1H3,(H2,13,18). The van der Waals surface area contributed by atoms with E-state index >= 15 is 0 Å². The molecule has 7 nitrogen and oxygen atoms in total. The zero-order valence-corrected chi connectivity index (χ0v) is 9.60. The Morgan fingerprint density at radius 2 is 2.21 bits per heavy atom. The summed E-state index contributed by atoms with van der Waals surface area (Å²) in [7, 11) is 0. The number of carbonyl (C=O) groups is 1. The molecule has 0 aliphatic rings. The normalized spacial score (nSPS) is 11.8. The van der Waals surface area contributed by atoms with E-state index in [2.05, 4.69) is 19.8 Å². The molecular weight excluding hydrogens is 267 g/mol. The summed E-state index contributed by atoms with van der Waals surface area (Å²) >= 11 is 0. The first kappa shape index (κ1) is 13.1. The van der Waals surface area contributed by atoms with Crippen molar-refractivity contribution in [1.82, 2.24) is 19.9 Å². The number of rotatable bonds is 3. The van der Waals surface area contributed by atoms with Crippen LogP contribution in [0, 0.1) is 6.92 Å². The Morgan fingerprint density at radius 3 is 2.68 bits per heavy atom. The summed E-state index contributed by atoms with van der Waals surface area (Å²) in [6.07, 6.45) is -4.52. The zero-order chi connectivity index (χ0) is 14.2. The van der Waals surface area contributed by atoms with Gasteiger partial charge in [-0.25, -0.2) is 0 Å². The summed E-state index contributed by atoms with van der Waals surface area (Å²) in [6, 6.07) is 0.898. The Labute approximate surface area is 104 Å². The highest BCUT2D eigenvalue weighted by atomic mass is 19.4. The van der Waals surface area contributed by atoms with Crippen LogP contribution in [0.5, 0.6) is 0 Å². The van der Waals surface area contributed by atoms with Crippen LogP contribution in [-0.4, -0.2) is 25.8 Å². The van der Waals surface area contributed by atoms with E-state index in [1.165, 1.54) is 6.92 Å². The van der Waals surface area contributed by atoms with Gasteiger partial charge in [0, 0.05) is 5.69 Å². The van der Waals surface area contributed by atoms with Crippen molar-refractivity contribution in [3.8, 4) is 0 Å². The van der Waals surface area contributed by atoms with Crippen molar-refractivity contribution in [2.24, 2.45) is 5.73 Å². The maximum Gasteiger partial charge on any atom is 0.435 e. The van der Waals surface area contributed by atoms with Crippen LogP contribution in [0.4, 0.5) is 13.2 Å². The molecule has 0 aliphatic heterocycles. The van der Waals surface area contributed by atoms with Gasteiger partial charge in [0.25, 0.3) is 0 Å². The molecule has 19 heavy (non-hydrogen) atoms. The van der Waals surface area contributed by atoms with Crippen LogP contribution < -0.4 is 5.73 Å². The number of nitrogens with zero attached hydrogens (tertiary/aromatic N) is 4. The van der Waals surface area contributed by atoms with E-state index < -0.39 is 23.7 Å². The Balaban J connectivity index is 2.23. The number of carbonyl (C=O) groups excluding carboxylic acids is 1. The monoisotopic (exact) mass is 275 g/mol. The SMILES string of the molecule is Cc1cc(C(F)(F)F)nn1Cc1noc(C(N)=O)n1. The number of aromatic nitrogens is 4. The lowest BCUT2D eigenvalue weighted by Gasteiger charge is -2.01. The zero-order valence-electron chi connectivity index (χ0n) is 9.60. The summed E-state index contributed by atoms with van der Waals surface area (Å²) < 4.78 is 42.9. The van der Waals surface area contributed by atoms with Crippen molar-refractivity contribution in [1.29, 1.82) is 0 Å². The second-order valence-electron chi connectivity index (χ2n) is 3.71. The molecule has 0 unspecified atom stereocenters. The van der Waals surface area contributed by atoms with E-state index in [9.17, 15) is 18.0 Å². The van der Waals surface area contributed by atoms with Crippen molar-refractivity contribution < 1.29 is 22.5 Å². The number of primary amides is 1. The topological polar surface area (TPSA) is 99.8 Å². The van der Waals surface area contributed by atoms with E-state index in [1.807, 2.05) is 0 Å². The van der Waals surface area contributed by atoms with Crippen LogP contribution in [-0.2, 0) is 12.7 Å². The van der Waals surface area contributed by atoms with Crippen molar-refractivity contribution in [3.05, 3.63) is 29.2 Å². The van der Waals surface area contributed by atoms with E-state index in [-0.39, 0.29) is 18.1 Å². The van der Waals surface area contributed by atoms with Gasteiger partial charge in [-0.2, -0.15) is 23.3 Å². The summed E-state index contributed by atoms with van der Waals surface area (Å²) in [5, 5.41) is 6.80. The van der Waals surface area contributed by atoms with Crippen LogP contribution in [0.3, 0.4) is 0 Å². The van der Waals surface area contributed by atoms with E-state index in [0.29, 0.717) is 0 Å². The lowest BCUT2D eigenvalue weighted by Crippen LogP contribution is -2.12. The number of amides is 1. The molecule has 1 amide bonds. The van der Waals surface area contributed by atoms with Gasteiger partial charge in [-0.15, -0.1) is 0 Å². The van der Waals surface area contributed by atoms with Crippen LogP contribution >= 0.6 is 0 Å². The third-order valence-corrected chi connectivity index (χ3v) is 2.24. The van der Waals surface area contributed by atoms with Crippen molar-refractivity contribution in [2.75, 3.05) is 0 Å². The van der Waals surface area contributed by atoms with Gasteiger partial charge in [-0.1, -0.05) is 5.16 Å². The minimum atomic E-state index is -4.52. The molecule has 2 rings (SSSR count). The Bertz CT molecular complexity index is 616. The predicted molar refractivity (Wildman–Crippen MR) is 53.9 cm³/mol. The molecule has 2 aromatic heterocycles. The van der Waals surface area contributed by atoms with Crippen LogP contribution in [0.2, 0.25) is 0 Å². The minimum Gasteiger partial charge on any atom is -0.361 e. The first-order chi connectivity index (χ1) is 8.77. The van der Waals surface area contributed by atoms with Gasteiger partial charge in [0.15, 0.2) is 11.5 Å². The Morgan fingerprint density at radius 1 is 1.53 bits per heavy atom. The van der Waals surface area contributed by atoms with Gasteiger partial charge < -0.3 is 10.3 Å². The lowest BCUT2D eigenvalue weighted by atomic mass is 10.3. The molecule has 0 aromatic carbocycles. The van der Waals surface area contributed by atoms with E-state index in [1.54, 1.807) is 0 Å². The maximum absolute atomic E-state index is 12.4. The number of nitrogens with two attached hydrogens (primary N) is 1. The van der Waals surface area contributed by atoms with Gasteiger partial charge in [0.1, 0.15) is 6.54 Å². The number of halogens is 3. The molecule has 0 fully saturated rings. The molecular formula is C9H8F3N5O2. The molecule has 2 heterocycles. The summed E-state index contributed by atoms with van der Waals surface area (Å²) in [6.45, 7) is 1.30. The average Bonchev–Trinajstić information content (AvgIpc) is 2.86. The summed E-state index contributed by atoms with van der Waals surface area (Å²) in [5.41, 5.74) is 4.17. The summed E-state index contributed by atoms with van der Waals surface area (Å²) in [4.78, 5) is 14.3. The third kappa shape index (κ3) is 2.72. The van der Waals surface area contributed by atoms with Gasteiger partial charge in [-0.05, 0) is 13.0 Å². The molecule has 0 spiro atoms. The molecule has 2 aromatic rings. The molecule has 0 radical (unpaired) electrons. The highest BCUT2D eigenvalue weighted by Gasteiger charge is 2.34. The molecule has 10 heteroatoms. The van der Waals surface area contributed by atoms with Crippen LogP contribution in [0.25, 0.3) is 0 Å².